The summed E-state index contributed by atoms with van der Waals surface area (Å²) in [6.45, 7) is -0.133. The van der Waals surface area contributed by atoms with Crippen LogP contribution >= 0.6 is 12.4 Å². The van der Waals surface area contributed by atoms with Crippen LogP contribution in [0.25, 0.3) is 0 Å². The fraction of sp³-hybridized carbons (Fsp3) is 1.00. The summed E-state index contributed by atoms with van der Waals surface area (Å²) in [5, 5.41) is 60.2. The number of aliphatic hydroxyl groups is 6. The Bertz CT molecular complexity index is 339. The average molecular weight is 400 g/mol. The summed E-state index contributed by atoms with van der Waals surface area (Å²) in [6, 6.07) is -1.17. The van der Waals surface area contributed by atoms with Gasteiger partial charge in [0.05, 0.1) is 43.1 Å². The molecule has 0 unspecified atom stereocenters. The molecule has 0 saturated carbocycles. The van der Waals surface area contributed by atoms with Crippen molar-refractivity contribution < 1.29 is 30.6 Å². The molecule has 6 atom stereocenters. The zero-order valence-electron chi connectivity index (χ0n) is 15.5. The smallest absolute Gasteiger partial charge is 0.0993 e. The van der Waals surface area contributed by atoms with Crippen LogP contribution < -0.4 is 5.32 Å². The number of unbranched alkanes of at least 4 members (excludes halogenated alkanes) is 5. The molecule has 7 N–H and O–H groups in total. The van der Waals surface area contributed by atoms with Crippen molar-refractivity contribution in [2.75, 3.05) is 13.2 Å². The van der Waals surface area contributed by atoms with E-state index in [1.165, 1.54) is 0 Å². The van der Waals surface area contributed by atoms with E-state index in [0.29, 0.717) is 19.3 Å². The zero-order valence-corrected chi connectivity index (χ0v) is 16.4. The minimum atomic E-state index is -1.05. The van der Waals surface area contributed by atoms with Crippen molar-refractivity contribution >= 4 is 12.4 Å². The third-order valence-corrected chi connectivity index (χ3v) is 5.13. The Morgan fingerprint density at radius 2 is 1.27 bits per heavy atom. The highest BCUT2D eigenvalue weighted by Gasteiger charge is 2.43. The molecule has 0 aromatic heterocycles. The highest BCUT2D eigenvalue weighted by molar-refractivity contribution is 5.85. The summed E-state index contributed by atoms with van der Waals surface area (Å²) in [4.78, 5) is 0. The van der Waals surface area contributed by atoms with Crippen LogP contribution in [0.1, 0.15) is 64.2 Å². The summed E-state index contributed by atoms with van der Waals surface area (Å²) >= 11 is 0. The second-order valence-corrected chi connectivity index (χ2v) is 7.25. The lowest BCUT2D eigenvalue weighted by Crippen LogP contribution is -2.44. The molecule has 0 amide bonds. The molecule has 0 aromatic carbocycles. The molecule has 1 aliphatic rings. The van der Waals surface area contributed by atoms with E-state index in [9.17, 15) is 20.4 Å². The van der Waals surface area contributed by atoms with E-state index >= 15 is 0 Å². The lowest BCUT2D eigenvalue weighted by molar-refractivity contribution is -0.00443. The first-order chi connectivity index (χ1) is 12.0. The Balaban J connectivity index is 0.00000625. The standard InChI is InChI=1S/C18H37NO6.ClH/c20-11-7-9-13(22)8-5-3-1-2-4-6-10-15(23)16-18(25)17(24)14(12-21)19-16;/h13-25H,1-12H2;1H/t13-,14-,15-,16-,17-,18-;/m0./s1. The molecule has 0 aromatic rings. The van der Waals surface area contributed by atoms with Gasteiger partial charge in [-0.15, -0.1) is 12.4 Å². The van der Waals surface area contributed by atoms with Gasteiger partial charge in [-0.2, -0.15) is 0 Å². The van der Waals surface area contributed by atoms with E-state index in [0.717, 1.165) is 44.9 Å². The van der Waals surface area contributed by atoms with Crippen LogP contribution in [0.2, 0.25) is 0 Å². The highest BCUT2D eigenvalue weighted by Crippen LogP contribution is 2.20. The van der Waals surface area contributed by atoms with E-state index in [2.05, 4.69) is 5.32 Å². The van der Waals surface area contributed by atoms with E-state index in [4.69, 9.17) is 10.2 Å². The maximum Gasteiger partial charge on any atom is 0.0993 e. The molecule has 1 fully saturated rings. The van der Waals surface area contributed by atoms with E-state index in [1.807, 2.05) is 0 Å². The van der Waals surface area contributed by atoms with Crippen LogP contribution in [-0.2, 0) is 0 Å². The van der Waals surface area contributed by atoms with Crippen LogP contribution in [0.15, 0.2) is 0 Å². The Morgan fingerprint density at radius 3 is 1.81 bits per heavy atom. The third-order valence-electron chi connectivity index (χ3n) is 5.13. The van der Waals surface area contributed by atoms with Gasteiger partial charge in [-0.1, -0.05) is 38.5 Å². The maximum atomic E-state index is 10.2. The van der Waals surface area contributed by atoms with Crippen LogP contribution in [0.5, 0.6) is 0 Å². The van der Waals surface area contributed by atoms with Crippen LogP contribution in [0, 0.1) is 0 Å². The number of halogens is 1. The number of aliphatic hydroxyl groups excluding tert-OH is 6. The van der Waals surface area contributed by atoms with Crippen molar-refractivity contribution in [3.05, 3.63) is 0 Å². The van der Waals surface area contributed by atoms with E-state index < -0.39 is 30.4 Å². The number of hydrogen-bond acceptors (Lipinski definition) is 7. The van der Waals surface area contributed by atoms with Crippen LogP contribution in [0.4, 0.5) is 0 Å². The summed E-state index contributed by atoms with van der Waals surface area (Å²) in [6.07, 6.45) is 5.63. The van der Waals surface area contributed by atoms with Crippen molar-refractivity contribution in [3.8, 4) is 0 Å². The van der Waals surface area contributed by atoms with Gasteiger partial charge in [0.15, 0.2) is 0 Å². The number of rotatable bonds is 14. The fourth-order valence-electron chi connectivity index (χ4n) is 3.49. The van der Waals surface area contributed by atoms with Gasteiger partial charge in [-0.05, 0) is 25.7 Å². The molecular formula is C18H38ClNO6. The largest absolute Gasteiger partial charge is 0.396 e. The second-order valence-electron chi connectivity index (χ2n) is 7.25. The Morgan fingerprint density at radius 1 is 0.731 bits per heavy atom. The first-order valence-corrected chi connectivity index (χ1v) is 9.71. The minimum absolute atomic E-state index is 0. The predicted octanol–water partition coefficient (Wildman–Crippen LogP) is 0.0778. The van der Waals surface area contributed by atoms with Crippen molar-refractivity contribution in [1.29, 1.82) is 0 Å². The summed E-state index contributed by atoms with van der Waals surface area (Å²) in [5.74, 6) is 0. The highest BCUT2D eigenvalue weighted by atomic mass is 35.5. The molecule has 1 heterocycles. The van der Waals surface area contributed by atoms with Gasteiger partial charge in [0.1, 0.15) is 0 Å². The topological polar surface area (TPSA) is 133 Å². The normalized spacial score (nSPS) is 27.9. The Hall–Kier alpha value is 0.01000. The lowest BCUT2D eigenvalue weighted by atomic mass is 9.98. The predicted molar refractivity (Wildman–Crippen MR) is 102 cm³/mol. The summed E-state index contributed by atoms with van der Waals surface area (Å²) < 4.78 is 0. The lowest BCUT2D eigenvalue weighted by Gasteiger charge is -2.22. The van der Waals surface area contributed by atoms with Gasteiger partial charge in [-0.25, -0.2) is 0 Å². The molecule has 26 heavy (non-hydrogen) atoms. The average Bonchev–Trinajstić information content (AvgIpc) is 2.90. The van der Waals surface area contributed by atoms with Crippen LogP contribution in [0.3, 0.4) is 0 Å². The molecule has 158 valence electrons. The van der Waals surface area contributed by atoms with E-state index in [-0.39, 0.29) is 31.7 Å². The molecule has 0 aliphatic carbocycles. The van der Waals surface area contributed by atoms with Gasteiger partial charge in [-0.3, -0.25) is 0 Å². The molecule has 8 heteroatoms. The van der Waals surface area contributed by atoms with Crippen molar-refractivity contribution in [2.24, 2.45) is 0 Å². The second kappa shape index (κ2) is 15.0. The van der Waals surface area contributed by atoms with Crippen molar-refractivity contribution in [1.82, 2.24) is 5.32 Å². The van der Waals surface area contributed by atoms with Gasteiger partial charge < -0.3 is 36.0 Å². The molecular weight excluding hydrogens is 362 g/mol. The monoisotopic (exact) mass is 399 g/mol. The van der Waals surface area contributed by atoms with Gasteiger partial charge >= 0.3 is 0 Å². The van der Waals surface area contributed by atoms with E-state index in [1.54, 1.807) is 0 Å². The number of nitrogens with one attached hydrogen (secondary N) is 1. The molecule has 1 aliphatic heterocycles. The van der Waals surface area contributed by atoms with Gasteiger partial charge in [0.2, 0.25) is 0 Å². The molecule has 1 rings (SSSR count). The summed E-state index contributed by atoms with van der Waals surface area (Å²) in [5.41, 5.74) is 0. The molecule has 0 radical (unpaired) electrons. The van der Waals surface area contributed by atoms with Crippen LogP contribution in [-0.4, -0.2) is 80.4 Å². The molecule has 7 nitrogen and oxygen atoms in total. The third kappa shape index (κ3) is 9.28. The molecule has 0 spiro atoms. The molecule has 1 saturated heterocycles. The summed E-state index contributed by atoms with van der Waals surface area (Å²) in [7, 11) is 0. The van der Waals surface area contributed by atoms with Gasteiger partial charge in [0.25, 0.3) is 0 Å². The van der Waals surface area contributed by atoms with Crippen molar-refractivity contribution in [2.45, 2.75) is 101 Å². The SMILES string of the molecule is Cl.OCCC[C@@H](O)CCCCCCCC[C@H](O)[C@@H]1N[C@@H](CO)[C@H](O)[C@H]1O. The first-order valence-electron chi connectivity index (χ1n) is 9.71. The minimum Gasteiger partial charge on any atom is -0.396 e. The zero-order chi connectivity index (χ0) is 18.7. The Kier molecular flexibility index (Phi) is 15.0. The fourth-order valence-corrected chi connectivity index (χ4v) is 3.49. The van der Waals surface area contributed by atoms with Crippen molar-refractivity contribution in [3.63, 3.8) is 0 Å². The van der Waals surface area contributed by atoms with Gasteiger partial charge in [0, 0.05) is 6.61 Å². The maximum absolute atomic E-state index is 10.2. The number of hydrogen-bond donors (Lipinski definition) is 7. The first kappa shape index (κ1) is 26.0. The molecule has 0 bridgehead atoms. The Labute approximate surface area is 162 Å². The quantitative estimate of drug-likeness (QED) is 0.206.